The van der Waals surface area contributed by atoms with Gasteiger partial charge < -0.3 is 5.11 Å². The highest BCUT2D eigenvalue weighted by Crippen LogP contribution is 2.35. The number of hydrogen-bond acceptors (Lipinski definition) is 3. The molecule has 104 valence electrons. The fourth-order valence-corrected chi connectivity index (χ4v) is 3.85. The van der Waals surface area contributed by atoms with E-state index < -0.39 is 0 Å². The zero-order chi connectivity index (χ0) is 13.1. The van der Waals surface area contributed by atoms with E-state index in [0.717, 1.165) is 19.4 Å². The maximum atomic E-state index is 10.1. The molecule has 1 saturated heterocycles. The maximum Gasteiger partial charge on any atom is 0.0583 e. The van der Waals surface area contributed by atoms with Gasteiger partial charge in [-0.1, -0.05) is 12.5 Å². The molecule has 2 heterocycles. The van der Waals surface area contributed by atoms with Gasteiger partial charge in [0.2, 0.25) is 0 Å². The number of aliphatic hydroxyl groups is 1. The van der Waals surface area contributed by atoms with Crippen molar-refractivity contribution in [2.45, 2.75) is 50.7 Å². The van der Waals surface area contributed by atoms with Crippen molar-refractivity contribution in [1.82, 2.24) is 9.88 Å². The van der Waals surface area contributed by atoms with Crippen LogP contribution in [-0.2, 0) is 6.42 Å². The summed E-state index contributed by atoms with van der Waals surface area (Å²) in [5, 5.41) is 10.1. The Hall–Kier alpha value is -0.930. The minimum Gasteiger partial charge on any atom is -0.393 e. The second-order valence-electron chi connectivity index (χ2n) is 6.02. The molecule has 1 aromatic rings. The van der Waals surface area contributed by atoms with Crippen molar-refractivity contribution in [3.05, 3.63) is 30.1 Å². The smallest absolute Gasteiger partial charge is 0.0583 e. The second kappa shape index (κ2) is 6.02. The quantitative estimate of drug-likeness (QED) is 0.902. The van der Waals surface area contributed by atoms with Crippen LogP contribution in [0.3, 0.4) is 0 Å². The first-order valence-electron chi connectivity index (χ1n) is 7.65. The zero-order valence-corrected chi connectivity index (χ0v) is 11.5. The Labute approximate surface area is 115 Å². The van der Waals surface area contributed by atoms with E-state index in [4.69, 9.17) is 0 Å². The second-order valence-corrected chi connectivity index (χ2v) is 6.02. The molecule has 1 aliphatic heterocycles. The van der Waals surface area contributed by atoms with Gasteiger partial charge in [0.15, 0.2) is 0 Å². The molecule has 0 spiro atoms. The number of aromatic nitrogens is 1. The van der Waals surface area contributed by atoms with E-state index >= 15 is 0 Å². The number of rotatable bonds is 4. The van der Waals surface area contributed by atoms with Crippen LogP contribution < -0.4 is 0 Å². The van der Waals surface area contributed by atoms with Crippen LogP contribution in [-0.4, -0.2) is 40.2 Å². The van der Waals surface area contributed by atoms with Gasteiger partial charge in [-0.2, -0.15) is 0 Å². The molecule has 2 aliphatic rings. The summed E-state index contributed by atoms with van der Waals surface area (Å²) < 4.78 is 0. The standard InChI is InChI=1S/C16H24N2O/c19-16-7-1-5-14(16)15-6-3-10-18(15)11-8-13-4-2-9-17-12-13/h2,4,9,12,14-16,19H,1,3,5-8,10-11H2. The van der Waals surface area contributed by atoms with Crippen molar-refractivity contribution in [2.24, 2.45) is 5.92 Å². The maximum absolute atomic E-state index is 10.1. The molecule has 0 aromatic carbocycles. The average Bonchev–Trinajstić information content (AvgIpc) is 3.05. The van der Waals surface area contributed by atoms with Crippen molar-refractivity contribution < 1.29 is 5.11 Å². The zero-order valence-electron chi connectivity index (χ0n) is 11.5. The Morgan fingerprint density at radius 2 is 2.21 bits per heavy atom. The lowest BCUT2D eigenvalue weighted by Gasteiger charge is -2.31. The summed E-state index contributed by atoms with van der Waals surface area (Å²) in [7, 11) is 0. The van der Waals surface area contributed by atoms with Gasteiger partial charge in [0.25, 0.3) is 0 Å². The summed E-state index contributed by atoms with van der Waals surface area (Å²) in [4.78, 5) is 6.78. The molecule has 3 nitrogen and oxygen atoms in total. The van der Waals surface area contributed by atoms with E-state index in [1.54, 1.807) is 0 Å². The van der Waals surface area contributed by atoms with E-state index in [2.05, 4.69) is 16.0 Å². The van der Waals surface area contributed by atoms with Gasteiger partial charge >= 0.3 is 0 Å². The van der Waals surface area contributed by atoms with Crippen molar-refractivity contribution in [2.75, 3.05) is 13.1 Å². The first-order valence-corrected chi connectivity index (χ1v) is 7.65. The lowest BCUT2D eigenvalue weighted by atomic mass is 9.94. The highest BCUT2D eigenvalue weighted by atomic mass is 16.3. The van der Waals surface area contributed by atoms with Crippen molar-refractivity contribution in [1.29, 1.82) is 0 Å². The van der Waals surface area contributed by atoms with Crippen LogP contribution >= 0.6 is 0 Å². The molecule has 19 heavy (non-hydrogen) atoms. The Morgan fingerprint density at radius 3 is 2.95 bits per heavy atom. The van der Waals surface area contributed by atoms with Gasteiger partial charge in [0.1, 0.15) is 0 Å². The molecule has 3 unspecified atom stereocenters. The highest BCUT2D eigenvalue weighted by molar-refractivity contribution is 5.09. The van der Waals surface area contributed by atoms with Gasteiger partial charge in [0.05, 0.1) is 6.10 Å². The molecule has 3 atom stereocenters. The summed E-state index contributed by atoms with van der Waals surface area (Å²) in [5.41, 5.74) is 1.32. The van der Waals surface area contributed by atoms with Crippen molar-refractivity contribution >= 4 is 0 Å². The third-order valence-electron chi connectivity index (χ3n) is 4.85. The largest absolute Gasteiger partial charge is 0.393 e. The van der Waals surface area contributed by atoms with Crippen LogP contribution in [0.15, 0.2) is 24.5 Å². The summed E-state index contributed by atoms with van der Waals surface area (Å²) in [5.74, 6) is 0.524. The Kier molecular flexibility index (Phi) is 4.14. The molecule has 0 bridgehead atoms. The van der Waals surface area contributed by atoms with Crippen LogP contribution in [0.1, 0.15) is 37.7 Å². The molecule has 1 N–H and O–H groups in total. The fraction of sp³-hybridized carbons (Fsp3) is 0.688. The van der Waals surface area contributed by atoms with Gasteiger partial charge in [0, 0.05) is 30.9 Å². The molecular weight excluding hydrogens is 236 g/mol. The van der Waals surface area contributed by atoms with Gasteiger partial charge in [-0.05, 0) is 50.3 Å². The van der Waals surface area contributed by atoms with Crippen LogP contribution in [0.4, 0.5) is 0 Å². The average molecular weight is 260 g/mol. The summed E-state index contributed by atoms with van der Waals surface area (Å²) in [6, 6.07) is 4.79. The van der Waals surface area contributed by atoms with Crippen LogP contribution in [0.2, 0.25) is 0 Å². The summed E-state index contributed by atoms with van der Waals surface area (Å²) >= 11 is 0. The number of pyridine rings is 1. The molecule has 0 radical (unpaired) electrons. The van der Waals surface area contributed by atoms with Crippen LogP contribution in [0, 0.1) is 5.92 Å². The third-order valence-corrected chi connectivity index (χ3v) is 4.85. The Bertz CT molecular complexity index is 395. The minimum atomic E-state index is -0.0519. The van der Waals surface area contributed by atoms with Crippen LogP contribution in [0.5, 0.6) is 0 Å². The Morgan fingerprint density at radius 1 is 1.26 bits per heavy atom. The number of aliphatic hydroxyl groups excluding tert-OH is 1. The summed E-state index contributed by atoms with van der Waals surface area (Å²) in [6.45, 7) is 2.31. The SMILES string of the molecule is OC1CCCC1C1CCCN1CCc1cccnc1. The molecule has 3 rings (SSSR count). The number of likely N-dealkylation sites (tertiary alicyclic amines) is 1. The topological polar surface area (TPSA) is 36.4 Å². The van der Waals surface area contributed by atoms with Gasteiger partial charge in [-0.15, -0.1) is 0 Å². The molecule has 0 amide bonds. The first-order chi connectivity index (χ1) is 9.34. The molecule has 1 aromatic heterocycles. The normalized spacial score (nSPS) is 31.9. The Balaban J connectivity index is 1.57. The van der Waals surface area contributed by atoms with Gasteiger partial charge in [-0.3, -0.25) is 9.88 Å². The van der Waals surface area contributed by atoms with E-state index in [1.165, 1.54) is 37.8 Å². The van der Waals surface area contributed by atoms with E-state index in [0.29, 0.717) is 12.0 Å². The monoisotopic (exact) mass is 260 g/mol. The number of hydrogen-bond donors (Lipinski definition) is 1. The molecule has 3 heteroatoms. The fourth-order valence-electron chi connectivity index (χ4n) is 3.85. The van der Waals surface area contributed by atoms with E-state index in [1.807, 2.05) is 18.5 Å². The predicted molar refractivity (Wildman–Crippen MR) is 75.9 cm³/mol. The number of nitrogens with zero attached hydrogens (tertiary/aromatic N) is 2. The van der Waals surface area contributed by atoms with Crippen LogP contribution in [0.25, 0.3) is 0 Å². The summed E-state index contributed by atoms with van der Waals surface area (Å²) in [6.07, 6.45) is 10.8. The van der Waals surface area contributed by atoms with Crippen molar-refractivity contribution in [3.8, 4) is 0 Å². The molecule has 2 fully saturated rings. The van der Waals surface area contributed by atoms with Gasteiger partial charge in [-0.25, -0.2) is 0 Å². The predicted octanol–water partition coefficient (Wildman–Crippen LogP) is 2.25. The third kappa shape index (κ3) is 2.98. The molecule has 1 aliphatic carbocycles. The minimum absolute atomic E-state index is 0.0519. The molecule has 1 saturated carbocycles. The van der Waals surface area contributed by atoms with E-state index in [9.17, 15) is 5.11 Å². The lowest BCUT2D eigenvalue weighted by molar-refractivity contribution is 0.0751. The lowest BCUT2D eigenvalue weighted by Crippen LogP contribution is -2.39. The first kappa shape index (κ1) is 13.1. The van der Waals surface area contributed by atoms with Crippen molar-refractivity contribution in [3.63, 3.8) is 0 Å². The molecular formula is C16H24N2O. The van der Waals surface area contributed by atoms with E-state index in [-0.39, 0.29) is 6.10 Å². The highest BCUT2D eigenvalue weighted by Gasteiger charge is 2.37.